The van der Waals surface area contributed by atoms with Crippen molar-refractivity contribution in [1.29, 1.82) is 0 Å². The van der Waals surface area contributed by atoms with E-state index in [1.807, 2.05) is 6.92 Å². The van der Waals surface area contributed by atoms with Crippen LogP contribution in [0.25, 0.3) is 11.0 Å². The zero-order valence-electron chi connectivity index (χ0n) is 16.0. The average Bonchev–Trinajstić information content (AvgIpc) is 2.64. The summed E-state index contributed by atoms with van der Waals surface area (Å²) < 4.78 is 36.0. The Morgan fingerprint density at radius 1 is 0.966 bits per heavy atom. The van der Waals surface area contributed by atoms with Crippen LogP contribution in [0, 0.1) is 6.92 Å². The number of aryl methyl sites for hydroxylation is 2. The van der Waals surface area contributed by atoms with Gasteiger partial charge in [-0.15, -0.1) is 0 Å². The van der Waals surface area contributed by atoms with Crippen molar-refractivity contribution in [2.45, 2.75) is 50.3 Å². The Morgan fingerprint density at radius 2 is 1.62 bits per heavy atom. The predicted molar refractivity (Wildman–Crippen MR) is 112 cm³/mol. The summed E-state index contributed by atoms with van der Waals surface area (Å²) in [4.78, 5) is 12.5. The van der Waals surface area contributed by atoms with Crippen LogP contribution in [-0.2, 0) is 23.0 Å². The van der Waals surface area contributed by atoms with E-state index in [4.69, 9.17) is 20.2 Å². The van der Waals surface area contributed by atoms with Gasteiger partial charge in [-0.05, 0) is 56.4 Å². The standard InChI is InChI=1S/C22H21ClO5S/c1-14-8-10-15(11-9-14)29(25,26)28-21-13-20-18(12-19(21)23)16-6-4-2-3-5-7-17(16)22(24)27-20/h8-13H,2-7H2,1H3. The van der Waals surface area contributed by atoms with Crippen LogP contribution in [-0.4, -0.2) is 8.42 Å². The molecule has 0 saturated carbocycles. The Labute approximate surface area is 174 Å². The van der Waals surface area contributed by atoms with E-state index in [1.165, 1.54) is 18.2 Å². The molecule has 0 radical (unpaired) electrons. The lowest BCUT2D eigenvalue weighted by atomic mass is 9.92. The van der Waals surface area contributed by atoms with Crippen LogP contribution < -0.4 is 9.81 Å². The van der Waals surface area contributed by atoms with Gasteiger partial charge in [-0.25, -0.2) is 4.79 Å². The first-order chi connectivity index (χ1) is 13.8. The fourth-order valence-electron chi connectivity index (χ4n) is 3.73. The van der Waals surface area contributed by atoms with E-state index in [-0.39, 0.29) is 26.9 Å². The molecule has 1 aliphatic carbocycles. The second-order valence-corrected chi connectivity index (χ2v) is 9.34. The Morgan fingerprint density at radius 3 is 2.31 bits per heavy atom. The van der Waals surface area contributed by atoms with Crippen LogP contribution in [0.2, 0.25) is 5.02 Å². The summed E-state index contributed by atoms with van der Waals surface area (Å²) in [5, 5.41) is 0.901. The van der Waals surface area contributed by atoms with E-state index in [9.17, 15) is 13.2 Å². The lowest BCUT2D eigenvalue weighted by Gasteiger charge is -2.16. The SMILES string of the molecule is Cc1ccc(S(=O)(=O)Oc2cc3oc(=O)c4c(c3cc2Cl)CCCCCC4)cc1. The van der Waals surface area contributed by atoms with Crippen molar-refractivity contribution in [1.82, 2.24) is 0 Å². The molecule has 0 amide bonds. The molecule has 0 bridgehead atoms. The second kappa shape index (κ2) is 7.84. The molecule has 7 heteroatoms. The first-order valence-corrected chi connectivity index (χ1v) is 11.4. The lowest BCUT2D eigenvalue weighted by Crippen LogP contribution is -2.14. The van der Waals surface area contributed by atoms with Gasteiger partial charge in [0.25, 0.3) is 0 Å². The quantitative estimate of drug-likeness (QED) is 0.421. The summed E-state index contributed by atoms with van der Waals surface area (Å²) in [5.74, 6) is -0.0614. The number of benzene rings is 2. The Balaban J connectivity index is 1.79. The average molecular weight is 433 g/mol. The molecular formula is C22H21ClO5S. The van der Waals surface area contributed by atoms with Crippen LogP contribution in [0.4, 0.5) is 0 Å². The largest absolute Gasteiger partial charge is 0.422 e. The second-order valence-electron chi connectivity index (χ2n) is 7.39. The predicted octanol–water partition coefficient (Wildman–Crippen LogP) is 5.18. The molecule has 0 fully saturated rings. The zero-order chi connectivity index (χ0) is 20.6. The smallest absolute Gasteiger partial charge is 0.339 e. The molecule has 0 aliphatic heterocycles. The summed E-state index contributed by atoms with van der Waals surface area (Å²) in [6, 6.07) is 9.36. The van der Waals surface area contributed by atoms with E-state index < -0.39 is 10.1 Å². The van der Waals surface area contributed by atoms with Crippen molar-refractivity contribution in [3.8, 4) is 5.75 Å². The van der Waals surface area contributed by atoms with Gasteiger partial charge in [0.2, 0.25) is 0 Å². The van der Waals surface area contributed by atoms with Crippen LogP contribution in [0.5, 0.6) is 5.75 Å². The first kappa shape index (κ1) is 20.0. The van der Waals surface area contributed by atoms with Gasteiger partial charge in [0, 0.05) is 17.0 Å². The summed E-state index contributed by atoms with van der Waals surface area (Å²) in [5.41, 5.74) is 2.50. The molecule has 1 aliphatic rings. The highest BCUT2D eigenvalue weighted by atomic mass is 35.5. The topological polar surface area (TPSA) is 73.6 Å². The van der Waals surface area contributed by atoms with Crippen molar-refractivity contribution in [2.24, 2.45) is 0 Å². The highest BCUT2D eigenvalue weighted by Gasteiger charge is 2.22. The molecule has 29 heavy (non-hydrogen) atoms. The maximum absolute atomic E-state index is 12.6. The minimum absolute atomic E-state index is 0.0268. The molecule has 2 aromatic carbocycles. The van der Waals surface area contributed by atoms with Crippen molar-refractivity contribution in [3.05, 3.63) is 68.5 Å². The van der Waals surface area contributed by atoms with E-state index in [0.717, 1.165) is 48.6 Å². The number of fused-ring (bicyclic) bond motifs is 3. The van der Waals surface area contributed by atoms with Gasteiger partial charge < -0.3 is 8.60 Å². The van der Waals surface area contributed by atoms with Crippen LogP contribution in [0.15, 0.2) is 50.5 Å². The molecule has 0 unspecified atom stereocenters. The third-order valence-corrected chi connectivity index (χ3v) is 6.83. The van der Waals surface area contributed by atoms with Crippen molar-refractivity contribution >= 4 is 32.7 Å². The van der Waals surface area contributed by atoms with E-state index in [0.29, 0.717) is 12.0 Å². The molecule has 3 aromatic rings. The maximum Gasteiger partial charge on any atom is 0.339 e. The molecule has 0 N–H and O–H groups in total. The van der Waals surface area contributed by atoms with E-state index >= 15 is 0 Å². The zero-order valence-corrected chi connectivity index (χ0v) is 17.6. The molecular weight excluding hydrogens is 412 g/mol. The Bertz CT molecular complexity index is 1230. The first-order valence-electron chi connectivity index (χ1n) is 9.64. The van der Waals surface area contributed by atoms with Crippen LogP contribution in [0.1, 0.15) is 42.4 Å². The number of hydrogen-bond acceptors (Lipinski definition) is 5. The minimum atomic E-state index is -4.06. The van der Waals surface area contributed by atoms with Gasteiger partial charge >= 0.3 is 15.7 Å². The molecule has 152 valence electrons. The summed E-state index contributed by atoms with van der Waals surface area (Å²) in [6.07, 6.45) is 5.61. The van der Waals surface area contributed by atoms with Gasteiger partial charge in [-0.1, -0.05) is 42.1 Å². The maximum atomic E-state index is 12.6. The van der Waals surface area contributed by atoms with Crippen LogP contribution >= 0.6 is 11.6 Å². The van der Waals surface area contributed by atoms with Crippen molar-refractivity contribution < 1.29 is 17.0 Å². The van der Waals surface area contributed by atoms with Crippen molar-refractivity contribution in [3.63, 3.8) is 0 Å². The fourth-order valence-corrected chi connectivity index (χ4v) is 4.92. The number of rotatable bonds is 3. The van der Waals surface area contributed by atoms with Crippen LogP contribution in [0.3, 0.4) is 0 Å². The summed E-state index contributed by atoms with van der Waals surface area (Å²) in [6.45, 7) is 1.87. The minimum Gasteiger partial charge on any atom is -0.422 e. The molecule has 0 saturated heterocycles. The molecule has 5 nitrogen and oxygen atoms in total. The molecule has 4 rings (SSSR count). The van der Waals surface area contributed by atoms with Gasteiger partial charge in [0.1, 0.15) is 10.5 Å². The highest BCUT2D eigenvalue weighted by Crippen LogP contribution is 2.35. The van der Waals surface area contributed by atoms with Gasteiger partial charge in [-0.2, -0.15) is 8.42 Å². The number of halogens is 1. The van der Waals surface area contributed by atoms with E-state index in [1.54, 1.807) is 18.2 Å². The van der Waals surface area contributed by atoms with Crippen molar-refractivity contribution in [2.75, 3.05) is 0 Å². The van der Waals surface area contributed by atoms with Gasteiger partial charge in [-0.3, -0.25) is 0 Å². The fraction of sp³-hybridized carbons (Fsp3) is 0.318. The molecule has 0 atom stereocenters. The Hall–Kier alpha value is -2.31. The third kappa shape index (κ3) is 4.05. The monoisotopic (exact) mass is 432 g/mol. The summed E-state index contributed by atoms with van der Waals surface area (Å²) in [7, 11) is -4.06. The number of hydrogen-bond donors (Lipinski definition) is 0. The third-order valence-electron chi connectivity index (χ3n) is 5.29. The normalized spacial score (nSPS) is 14.8. The van der Waals surface area contributed by atoms with Gasteiger partial charge in [0.05, 0.1) is 5.02 Å². The molecule has 0 spiro atoms. The highest BCUT2D eigenvalue weighted by molar-refractivity contribution is 7.87. The Kier molecular flexibility index (Phi) is 5.40. The summed E-state index contributed by atoms with van der Waals surface area (Å²) >= 11 is 6.37. The molecule has 1 heterocycles. The van der Waals surface area contributed by atoms with Gasteiger partial charge in [0.15, 0.2) is 5.75 Å². The lowest BCUT2D eigenvalue weighted by molar-refractivity contribution is 0.484. The molecule has 1 aromatic heterocycles. The van der Waals surface area contributed by atoms with E-state index in [2.05, 4.69) is 0 Å².